The quantitative estimate of drug-likeness (QED) is 0.250. The van der Waals surface area contributed by atoms with Crippen molar-refractivity contribution in [3.8, 4) is 22.8 Å². The molecule has 0 unspecified atom stereocenters. The summed E-state index contributed by atoms with van der Waals surface area (Å²) < 4.78 is 39.7. The van der Waals surface area contributed by atoms with Crippen molar-refractivity contribution < 1.29 is 33.0 Å². The first kappa shape index (κ1) is 30.0. The highest BCUT2D eigenvalue weighted by molar-refractivity contribution is 5.91. The molecule has 226 valence electrons. The molecule has 1 fully saturated rings. The first-order valence-corrected chi connectivity index (χ1v) is 13.5. The Bertz CT molecular complexity index is 1590. The monoisotopic (exact) mass is 594 g/mol. The molecule has 1 saturated heterocycles. The SMILES string of the molecule is COCCN1C[C@@H](NC(=O)Nc2c(C)c(-c3cnc(OC)c(CO)c3)nn2-c2ccccc2)[C@H](c2ccc(F)c(F)c2)O1. The number of aromatic nitrogens is 3. The maximum atomic E-state index is 14.1. The van der Waals surface area contributed by atoms with Gasteiger partial charge in [-0.15, -0.1) is 0 Å². The van der Waals surface area contributed by atoms with E-state index in [1.54, 1.807) is 29.1 Å². The number of hydroxylamine groups is 2. The van der Waals surface area contributed by atoms with Gasteiger partial charge in [0.2, 0.25) is 5.88 Å². The summed E-state index contributed by atoms with van der Waals surface area (Å²) in [7, 11) is 3.03. The number of anilines is 1. The van der Waals surface area contributed by atoms with E-state index in [-0.39, 0.29) is 13.2 Å². The number of para-hydroxylation sites is 1. The standard InChI is InChI=1S/C30H32F2N6O5/c1-18-26(20-13-21(17-39)29(42-3)33-15-20)36-38(22-7-5-4-6-8-22)28(18)35-30(40)34-25-16-37(11-12-41-2)43-27(25)19-9-10-23(31)24(32)14-19/h4-10,13-15,25,27,39H,11-12,16-17H2,1-3H3,(H2,34,35,40)/t25-,27+/m1/s1. The zero-order valence-corrected chi connectivity index (χ0v) is 23.9. The number of pyridine rings is 1. The first-order valence-electron chi connectivity index (χ1n) is 13.5. The molecule has 4 aromatic rings. The number of rotatable bonds is 10. The summed E-state index contributed by atoms with van der Waals surface area (Å²) in [4.78, 5) is 23.8. The van der Waals surface area contributed by atoms with Crippen LogP contribution in [-0.4, -0.2) is 70.9 Å². The fourth-order valence-corrected chi connectivity index (χ4v) is 4.94. The fourth-order valence-electron chi connectivity index (χ4n) is 4.94. The molecule has 2 atom stereocenters. The van der Waals surface area contributed by atoms with Gasteiger partial charge in [0.25, 0.3) is 0 Å². The number of urea groups is 1. The fraction of sp³-hybridized carbons (Fsp3) is 0.300. The zero-order valence-electron chi connectivity index (χ0n) is 23.9. The van der Waals surface area contributed by atoms with Crippen LogP contribution >= 0.6 is 0 Å². The van der Waals surface area contributed by atoms with Crippen LogP contribution in [0, 0.1) is 18.6 Å². The number of hydrogen-bond acceptors (Lipinski definition) is 8. The van der Waals surface area contributed by atoms with Crippen molar-refractivity contribution in [2.24, 2.45) is 0 Å². The Kier molecular flexibility index (Phi) is 9.26. The van der Waals surface area contributed by atoms with E-state index < -0.39 is 29.8 Å². The number of hydrogen-bond donors (Lipinski definition) is 3. The average molecular weight is 595 g/mol. The van der Waals surface area contributed by atoms with Crippen LogP contribution in [0.2, 0.25) is 0 Å². The Balaban J connectivity index is 1.45. The summed E-state index contributed by atoms with van der Waals surface area (Å²) in [5, 5.41) is 22.1. The van der Waals surface area contributed by atoms with Gasteiger partial charge in [0.05, 0.1) is 37.7 Å². The first-order chi connectivity index (χ1) is 20.8. The van der Waals surface area contributed by atoms with Crippen LogP contribution < -0.4 is 15.4 Å². The molecule has 1 aliphatic rings. The van der Waals surface area contributed by atoms with Crippen molar-refractivity contribution in [3.05, 3.63) is 89.1 Å². The largest absolute Gasteiger partial charge is 0.481 e. The molecule has 2 aromatic carbocycles. The minimum atomic E-state index is -1.01. The molecule has 5 rings (SSSR count). The third-order valence-electron chi connectivity index (χ3n) is 7.08. The Morgan fingerprint density at radius 2 is 1.93 bits per heavy atom. The van der Waals surface area contributed by atoms with Crippen LogP contribution in [0.1, 0.15) is 22.8 Å². The number of methoxy groups -OCH3 is 2. The summed E-state index contributed by atoms with van der Waals surface area (Å²) in [5.41, 5.74) is 3.38. The van der Waals surface area contributed by atoms with Gasteiger partial charge in [-0.05, 0) is 42.8 Å². The lowest BCUT2D eigenvalue weighted by molar-refractivity contribution is -0.154. The van der Waals surface area contributed by atoms with E-state index in [0.29, 0.717) is 58.5 Å². The Morgan fingerprint density at radius 3 is 2.63 bits per heavy atom. The average Bonchev–Trinajstić information content (AvgIpc) is 3.57. The number of ether oxygens (including phenoxy) is 2. The van der Waals surface area contributed by atoms with Crippen LogP contribution in [0.4, 0.5) is 19.4 Å². The molecule has 11 nitrogen and oxygen atoms in total. The highest BCUT2D eigenvalue weighted by Crippen LogP contribution is 2.33. The molecule has 2 amide bonds. The molecular weight excluding hydrogens is 562 g/mol. The maximum Gasteiger partial charge on any atom is 0.320 e. The number of halogens is 2. The second-order valence-electron chi connectivity index (χ2n) is 9.91. The predicted molar refractivity (Wildman–Crippen MR) is 154 cm³/mol. The van der Waals surface area contributed by atoms with Crippen molar-refractivity contribution in [1.82, 2.24) is 25.1 Å². The van der Waals surface area contributed by atoms with Gasteiger partial charge in [0, 0.05) is 43.1 Å². The third-order valence-corrected chi connectivity index (χ3v) is 7.08. The number of aliphatic hydroxyl groups excluding tert-OH is 1. The second kappa shape index (κ2) is 13.3. The Labute approximate surface area is 247 Å². The summed E-state index contributed by atoms with van der Waals surface area (Å²) in [6.07, 6.45) is 0.819. The zero-order chi connectivity index (χ0) is 30.5. The van der Waals surface area contributed by atoms with E-state index in [1.165, 1.54) is 13.2 Å². The second-order valence-corrected chi connectivity index (χ2v) is 9.91. The van der Waals surface area contributed by atoms with Gasteiger partial charge in [-0.2, -0.15) is 10.2 Å². The molecule has 2 aromatic heterocycles. The molecule has 0 bridgehead atoms. The molecule has 0 aliphatic carbocycles. The molecule has 43 heavy (non-hydrogen) atoms. The molecule has 1 aliphatic heterocycles. The molecule has 0 radical (unpaired) electrons. The third kappa shape index (κ3) is 6.49. The van der Waals surface area contributed by atoms with Gasteiger partial charge in [-0.1, -0.05) is 24.3 Å². The van der Waals surface area contributed by atoms with Gasteiger partial charge < -0.3 is 19.9 Å². The van der Waals surface area contributed by atoms with E-state index in [2.05, 4.69) is 15.6 Å². The number of benzene rings is 2. The minimum Gasteiger partial charge on any atom is -0.481 e. The number of amides is 2. The normalized spacial score (nSPS) is 16.8. The van der Waals surface area contributed by atoms with Crippen molar-refractivity contribution in [2.45, 2.75) is 25.7 Å². The number of aliphatic hydroxyl groups is 1. The molecule has 3 N–H and O–H groups in total. The van der Waals surface area contributed by atoms with Gasteiger partial charge >= 0.3 is 6.03 Å². The molecule has 3 heterocycles. The smallest absolute Gasteiger partial charge is 0.320 e. The number of nitrogens with zero attached hydrogens (tertiary/aromatic N) is 4. The maximum absolute atomic E-state index is 14.1. The van der Waals surface area contributed by atoms with E-state index in [4.69, 9.17) is 19.4 Å². The van der Waals surface area contributed by atoms with E-state index in [1.807, 2.05) is 37.3 Å². The van der Waals surface area contributed by atoms with Crippen LogP contribution in [0.15, 0.2) is 60.8 Å². The summed E-state index contributed by atoms with van der Waals surface area (Å²) in [6.45, 7) is 2.60. The summed E-state index contributed by atoms with van der Waals surface area (Å²) in [5.74, 6) is -1.27. The molecule has 13 heteroatoms. The van der Waals surface area contributed by atoms with Gasteiger partial charge in [-0.25, -0.2) is 23.2 Å². The van der Waals surface area contributed by atoms with Crippen molar-refractivity contribution in [3.63, 3.8) is 0 Å². The molecule has 0 saturated carbocycles. The van der Waals surface area contributed by atoms with Gasteiger partial charge in [0.15, 0.2) is 11.6 Å². The van der Waals surface area contributed by atoms with E-state index in [0.717, 1.165) is 12.1 Å². The lowest BCUT2D eigenvalue weighted by Crippen LogP contribution is -2.42. The number of carbonyl (C=O) groups is 1. The van der Waals surface area contributed by atoms with Crippen LogP contribution in [0.3, 0.4) is 0 Å². The van der Waals surface area contributed by atoms with Gasteiger partial charge in [0.1, 0.15) is 11.9 Å². The number of nitrogens with one attached hydrogen (secondary N) is 2. The lowest BCUT2D eigenvalue weighted by atomic mass is 10.0. The molecular formula is C30H32F2N6O5. The number of carbonyl (C=O) groups excluding carboxylic acids is 1. The highest BCUT2D eigenvalue weighted by Gasteiger charge is 2.37. The Hall–Kier alpha value is -4.43. The van der Waals surface area contributed by atoms with Crippen molar-refractivity contribution in [2.75, 3.05) is 39.2 Å². The van der Waals surface area contributed by atoms with Gasteiger partial charge in [-0.3, -0.25) is 10.2 Å². The van der Waals surface area contributed by atoms with Crippen molar-refractivity contribution >= 4 is 11.8 Å². The molecule has 0 spiro atoms. The predicted octanol–water partition coefficient (Wildman–Crippen LogP) is 4.15. The summed E-state index contributed by atoms with van der Waals surface area (Å²) >= 11 is 0. The minimum absolute atomic E-state index is 0.278. The van der Waals surface area contributed by atoms with Crippen molar-refractivity contribution in [1.29, 1.82) is 0 Å². The van der Waals surface area contributed by atoms with Crippen LogP contribution in [0.5, 0.6) is 5.88 Å². The highest BCUT2D eigenvalue weighted by atomic mass is 19.2. The van der Waals surface area contributed by atoms with E-state index in [9.17, 15) is 18.7 Å². The van der Waals surface area contributed by atoms with Crippen LogP contribution in [0.25, 0.3) is 16.9 Å². The topological polar surface area (TPSA) is 123 Å². The van der Waals surface area contributed by atoms with Crippen LogP contribution in [-0.2, 0) is 16.2 Å². The lowest BCUT2D eigenvalue weighted by Gasteiger charge is -2.20. The van der Waals surface area contributed by atoms with E-state index >= 15 is 0 Å². The summed E-state index contributed by atoms with van der Waals surface area (Å²) in [6, 6.07) is 13.4. The Morgan fingerprint density at radius 1 is 1.14 bits per heavy atom.